The van der Waals surface area contributed by atoms with Crippen molar-refractivity contribution in [3.8, 4) is 11.8 Å². The monoisotopic (exact) mass is 554 g/mol. The first-order valence-corrected chi connectivity index (χ1v) is 12.8. The highest BCUT2D eigenvalue weighted by atomic mass is 35.5. The topological polar surface area (TPSA) is 95.3 Å². The number of halogens is 5. The lowest BCUT2D eigenvalue weighted by molar-refractivity contribution is -0.139. The number of anilines is 2. The van der Waals surface area contributed by atoms with Crippen LogP contribution < -0.4 is 14.4 Å². The van der Waals surface area contributed by atoms with E-state index in [0.717, 1.165) is 24.3 Å². The van der Waals surface area contributed by atoms with Crippen molar-refractivity contribution in [2.75, 3.05) is 22.7 Å². The number of benzene rings is 2. The third-order valence-corrected chi connectivity index (χ3v) is 7.34. The molecule has 13 heteroatoms. The maximum Gasteiger partial charge on any atom is 0.419 e. The number of aromatic nitrogens is 1. The first kappa shape index (κ1) is 26.5. The van der Waals surface area contributed by atoms with Crippen LogP contribution in [0.5, 0.6) is 5.75 Å². The number of hydrogen-bond acceptors (Lipinski definition) is 6. The van der Waals surface area contributed by atoms with E-state index in [9.17, 15) is 31.2 Å². The number of piperidine rings is 1. The van der Waals surface area contributed by atoms with Gasteiger partial charge in [0.05, 0.1) is 32.9 Å². The van der Waals surface area contributed by atoms with E-state index in [-0.39, 0.29) is 26.9 Å². The quantitative estimate of drug-likeness (QED) is 0.398. The zero-order valence-electron chi connectivity index (χ0n) is 19.0. The normalized spacial score (nSPS) is 14.8. The van der Waals surface area contributed by atoms with Gasteiger partial charge >= 0.3 is 6.18 Å². The average molecular weight is 555 g/mol. The van der Waals surface area contributed by atoms with Crippen LogP contribution in [0.1, 0.15) is 24.0 Å². The SMILES string of the molecule is N#Cc1cc(NS(=O)(=O)c2ccc(F)c(Cl)c2)cnc1N1CCC(Oc2ccccc2C(F)(F)F)CC1. The summed E-state index contributed by atoms with van der Waals surface area (Å²) in [7, 11) is -4.13. The molecule has 4 rings (SSSR count). The molecule has 7 nitrogen and oxygen atoms in total. The standard InChI is InChI=1S/C24H19ClF4N4O3S/c25-20-12-18(5-6-21(20)26)37(34,35)32-16-11-15(13-30)23(31-14-16)33-9-7-17(8-10-33)36-22-4-2-1-3-19(22)24(27,28)29/h1-6,11-12,14,17,32H,7-10H2. The Morgan fingerprint density at radius 1 is 1.14 bits per heavy atom. The number of rotatable bonds is 6. The highest BCUT2D eigenvalue weighted by Crippen LogP contribution is 2.37. The van der Waals surface area contributed by atoms with Gasteiger partial charge in [0, 0.05) is 25.9 Å². The number of para-hydroxylation sites is 1. The molecule has 0 atom stereocenters. The lowest BCUT2D eigenvalue weighted by Crippen LogP contribution is -2.39. The van der Waals surface area contributed by atoms with Crippen LogP contribution >= 0.6 is 11.6 Å². The first-order chi connectivity index (χ1) is 17.5. The van der Waals surface area contributed by atoms with Crippen molar-refractivity contribution in [1.82, 2.24) is 4.98 Å². The Bertz CT molecular complexity index is 1450. The van der Waals surface area contributed by atoms with Gasteiger partial charge in [-0.3, -0.25) is 4.72 Å². The predicted octanol–water partition coefficient (Wildman–Crippen LogP) is 5.61. The van der Waals surface area contributed by atoms with E-state index in [1.165, 1.54) is 30.5 Å². The second-order valence-electron chi connectivity index (χ2n) is 8.19. The minimum absolute atomic E-state index is 0.0164. The summed E-state index contributed by atoms with van der Waals surface area (Å²) < 4.78 is 86.3. The summed E-state index contributed by atoms with van der Waals surface area (Å²) in [6.45, 7) is 0.722. The van der Waals surface area contributed by atoms with Gasteiger partial charge in [0.15, 0.2) is 0 Å². The molecule has 2 aromatic carbocycles. The van der Waals surface area contributed by atoms with Gasteiger partial charge in [-0.2, -0.15) is 18.4 Å². The number of nitrogens with zero attached hydrogens (tertiary/aromatic N) is 3. The molecule has 0 saturated carbocycles. The van der Waals surface area contributed by atoms with Crippen molar-refractivity contribution in [2.24, 2.45) is 0 Å². The van der Waals surface area contributed by atoms with Gasteiger partial charge in [0.1, 0.15) is 29.6 Å². The molecule has 0 bridgehead atoms. The number of alkyl halides is 3. The van der Waals surface area contributed by atoms with Gasteiger partial charge in [-0.15, -0.1) is 0 Å². The fourth-order valence-electron chi connectivity index (χ4n) is 3.87. The van der Waals surface area contributed by atoms with Crippen LogP contribution in [0.15, 0.2) is 59.6 Å². The summed E-state index contributed by atoms with van der Waals surface area (Å²) in [4.78, 5) is 5.75. The van der Waals surface area contributed by atoms with Crippen molar-refractivity contribution in [1.29, 1.82) is 5.26 Å². The van der Waals surface area contributed by atoms with Crippen LogP contribution in [0.3, 0.4) is 0 Å². The molecule has 1 N–H and O–H groups in total. The molecule has 1 aromatic heterocycles. The summed E-state index contributed by atoms with van der Waals surface area (Å²) in [6.07, 6.45) is -2.98. The fourth-order valence-corrected chi connectivity index (χ4v) is 5.18. The molecular formula is C24H19ClF4N4O3S. The molecule has 1 saturated heterocycles. The molecule has 3 aromatic rings. The van der Waals surface area contributed by atoms with Crippen molar-refractivity contribution in [3.05, 3.63) is 76.7 Å². The van der Waals surface area contributed by atoms with E-state index in [2.05, 4.69) is 9.71 Å². The van der Waals surface area contributed by atoms with Gasteiger partial charge in [0.25, 0.3) is 10.0 Å². The Balaban J connectivity index is 1.45. The lowest BCUT2D eigenvalue weighted by Gasteiger charge is -2.33. The Morgan fingerprint density at radius 3 is 2.49 bits per heavy atom. The Hall–Kier alpha value is -3.56. The number of pyridine rings is 1. The molecule has 2 heterocycles. The minimum Gasteiger partial charge on any atom is -0.490 e. The van der Waals surface area contributed by atoms with Crippen LogP contribution in [-0.2, 0) is 16.2 Å². The molecule has 37 heavy (non-hydrogen) atoms. The van der Waals surface area contributed by atoms with Crippen LogP contribution in [-0.4, -0.2) is 32.6 Å². The number of sulfonamides is 1. The maximum absolute atomic E-state index is 13.4. The maximum atomic E-state index is 13.4. The van der Waals surface area contributed by atoms with Crippen molar-refractivity contribution < 1.29 is 30.7 Å². The number of nitriles is 1. The molecule has 1 fully saturated rings. The predicted molar refractivity (Wildman–Crippen MR) is 128 cm³/mol. The highest BCUT2D eigenvalue weighted by molar-refractivity contribution is 7.92. The summed E-state index contributed by atoms with van der Waals surface area (Å²) in [6, 6.07) is 11.3. The number of ether oxygens (including phenoxy) is 1. The van der Waals surface area contributed by atoms with Crippen molar-refractivity contribution >= 4 is 33.1 Å². The van der Waals surface area contributed by atoms with Crippen LogP contribution in [0.25, 0.3) is 0 Å². The number of hydrogen-bond donors (Lipinski definition) is 1. The largest absolute Gasteiger partial charge is 0.490 e. The molecule has 0 spiro atoms. The molecular weight excluding hydrogens is 536 g/mol. The van der Waals surface area contributed by atoms with E-state index in [4.69, 9.17) is 16.3 Å². The Labute approximate surface area is 215 Å². The second kappa shape index (κ2) is 10.4. The van der Waals surface area contributed by atoms with E-state index in [1.807, 2.05) is 6.07 Å². The molecule has 1 aliphatic heterocycles. The third kappa shape index (κ3) is 6.06. The zero-order chi connectivity index (χ0) is 26.8. The van der Waals surface area contributed by atoms with Crippen molar-refractivity contribution in [2.45, 2.75) is 30.0 Å². The van der Waals surface area contributed by atoms with Gasteiger partial charge in [-0.05, 0) is 36.4 Å². The van der Waals surface area contributed by atoms with Crippen LogP contribution in [0.2, 0.25) is 5.02 Å². The van der Waals surface area contributed by atoms with Crippen molar-refractivity contribution in [3.63, 3.8) is 0 Å². The third-order valence-electron chi connectivity index (χ3n) is 5.67. The first-order valence-electron chi connectivity index (χ1n) is 10.9. The lowest BCUT2D eigenvalue weighted by atomic mass is 10.1. The van der Waals surface area contributed by atoms with E-state index in [0.29, 0.717) is 31.7 Å². The van der Waals surface area contributed by atoms with Gasteiger partial charge in [0.2, 0.25) is 0 Å². The van der Waals surface area contributed by atoms with E-state index < -0.39 is 33.7 Å². The number of nitrogens with one attached hydrogen (secondary N) is 1. The minimum atomic E-state index is -4.53. The van der Waals surface area contributed by atoms with Gasteiger partial charge in [-0.25, -0.2) is 17.8 Å². The summed E-state index contributed by atoms with van der Waals surface area (Å²) in [5, 5.41) is 9.27. The Morgan fingerprint density at radius 2 is 1.84 bits per heavy atom. The highest BCUT2D eigenvalue weighted by Gasteiger charge is 2.35. The molecule has 1 aliphatic rings. The summed E-state index contributed by atoms with van der Waals surface area (Å²) >= 11 is 5.67. The molecule has 0 unspecified atom stereocenters. The second-order valence-corrected chi connectivity index (χ2v) is 10.3. The van der Waals surface area contributed by atoms with Crippen LogP contribution in [0, 0.1) is 17.1 Å². The molecule has 194 valence electrons. The molecule has 0 aliphatic carbocycles. The van der Waals surface area contributed by atoms with E-state index in [1.54, 1.807) is 4.90 Å². The fraction of sp³-hybridized carbons (Fsp3) is 0.250. The van der Waals surface area contributed by atoms with E-state index >= 15 is 0 Å². The van der Waals surface area contributed by atoms with Gasteiger partial charge < -0.3 is 9.64 Å². The van der Waals surface area contributed by atoms with Crippen LogP contribution in [0.4, 0.5) is 29.1 Å². The Kier molecular flexibility index (Phi) is 7.47. The molecule has 0 amide bonds. The summed E-state index contributed by atoms with van der Waals surface area (Å²) in [5.41, 5.74) is -0.728. The summed E-state index contributed by atoms with van der Waals surface area (Å²) in [5.74, 6) is -0.690. The van der Waals surface area contributed by atoms with Gasteiger partial charge in [-0.1, -0.05) is 23.7 Å². The smallest absolute Gasteiger partial charge is 0.419 e. The zero-order valence-corrected chi connectivity index (χ0v) is 20.5. The average Bonchev–Trinajstić information content (AvgIpc) is 2.85. The molecule has 0 radical (unpaired) electrons.